The summed E-state index contributed by atoms with van der Waals surface area (Å²) in [4.78, 5) is 0. The summed E-state index contributed by atoms with van der Waals surface area (Å²) < 4.78 is 4.93. The number of aromatic nitrogens is 2. The number of rotatable bonds is 3. The molecule has 0 radical (unpaired) electrons. The van der Waals surface area contributed by atoms with Crippen LogP contribution in [0.4, 0.5) is 0 Å². The van der Waals surface area contributed by atoms with Gasteiger partial charge in [-0.2, -0.15) is 0 Å². The summed E-state index contributed by atoms with van der Waals surface area (Å²) in [7, 11) is 0. The highest BCUT2D eigenvalue weighted by Gasteiger charge is 2.20. The van der Waals surface area contributed by atoms with Crippen molar-refractivity contribution in [1.82, 2.24) is 9.13 Å². The van der Waals surface area contributed by atoms with Gasteiger partial charge in [-0.3, -0.25) is 0 Å². The lowest BCUT2D eigenvalue weighted by Crippen LogP contribution is -1.97. The number of hydrogen-bond donors (Lipinski definition) is 0. The molecule has 10 rings (SSSR count). The molecule has 214 valence electrons. The summed E-state index contributed by atoms with van der Waals surface area (Å²) in [6.45, 7) is 0. The van der Waals surface area contributed by atoms with Crippen LogP contribution in [0.5, 0.6) is 0 Å². The molecule has 2 nitrogen and oxygen atoms in total. The Morgan fingerprint density at radius 2 is 0.935 bits per heavy atom. The Bertz CT molecular complexity index is 2780. The Hall–Kier alpha value is -6.12. The highest BCUT2D eigenvalue weighted by Crippen LogP contribution is 2.43. The molecule has 0 fully saturated rings. The van der Waals surface area contributed by atoms with Crippen LogP contribution in [-0.2, 0) is 0 Å². The second-order valence-electron chi connectivity index (χ2n) is 12.2. The molecule has 2 heterocycles. The molecule has 2 heteroatoms. The van der Waals surface area contributed by atoms with E-state index in [9.17, 15) is 0 Å². The van der Waals surface area contributed by atoms with Gasteiger partial charge in [0.15, 0.2) is 0 Å². The average Bonchev–Trinajstić information content (AvgIpc) is 3.63. The number of hydrogen-bond acceptors (Lipinski definition) is 0. The molecule has 0 atom stereocenters. The predicted octanol–water partition coefficient (Wildman–Crippen LogP) is 11.9. The lowest BCUT2D eigenvalue weighted by Gasteiger charge is -2.15. The van der Waals surface area contributed by atoms with Gasteiger partial charge < -0.3 is 9.13 Å². The van der Waals surface area contributed by atoms with E-state index in [4.69, 9.17) is 0 Å². The Morgan fingerprint density at radius 3 is 1.76 bits per heavy atom. The molecule has 8 aromatic carbocycles. The summed E-state index contributed by atoms with van der Waals surface area (Å²) in [6.07, 6.45) is 0. The van der Waals surface area contributed by atoms with Gasteiger partial charge >= 0.3 is 0 Å². The number of nitrogens with zero attached hydrogens (tertiary/aromatic N) is 2. The van der Waals surface area contributed by atoms with Crippen molar-refractivity contribution in [2.45, 2.75) is 0 Å². The SMILES string of the molecule is c1ccc(-c2cc(-n3c4ccccc4c4cc5c(cc43)c3c4ccccc4ccc3n5-c3ccccc3)c3ccccc3c2)cc1. The first-order chi connectivity index (χ1) is 22.8. The van der Waals surface area contributed by atoms with E-state index in [2.05, 4.69) is 179 Å². The molecule has 10 aromatic rings. The highest BCUT2D eigenvalue weighted by atomic mass is 15.0. The monoisotopic (exact) mass is 584 g/mol. The van der Waals surface area contributed by atoms with Gasteiger partial charge in [0, 0.05) is 32.6 Å². The van der Waals surface area contributed by atoms with Gasteiger partial charge in [0.05, 0.1) is 27.8 Å². The van der Waals surface area contributed by atoms with E-state index in [1.807, 2.05) is 0 Å². The van der Waals surface area contributed by atoms with Crippen LogP contribution in [0.3, 0.4) is 0 Å². The highest BCUT2D eigenvalue weighted by molar-refractivity contribution is 6.25. The molecule has 0 saturated carbocycles. The maximum absolute atomic E-state index is 2.50. The third-order valence-electron chi connectivity index (χ3n) is 9.65. The number of para-hydroxylation sites is 2. The fraction of sp³-hybridized carbons (Fsp3) is 0. The Morgan fingerprint density at radius 1 is 0.304 bits per heavy atom. The Kier molecular flexibility index (Phi) is 5.31. The van der Waals surface area contributed by atoms with Gasteiger partial charge in [-0.15, -0.1) is 0 Å². The first kappa shape index (κ1) is 25.2. The first-order valence-electron chi connectivity index (χ1n) is 15.9. The zero-order valence-electron chi connectivity index (χ0n) is 25.1. The summed E-state index contributed by atoms with van der Waals surface area (Å²) in [5.74, 6) is 0. The summed E-state index contributed by atoms with van der Waals surface area (Å²) in [6, 6.07) is 62.0. The quantitative estimate of drug-likeness (QED) is 0.195. The van der Waals surface area contributed by atoms with E-state index >= 15 is 0 Å². The topological polar surface area (TPSA) is 9.86 Å². The molecule has 0 amide bonds. The Balaban J connectivity index is 1.40. The molecule has 0 N–H and O–H groups in total. The van der Waals surface area contributed by atoms with E-state index in [-0.39, 0.29) is 0 Å². The fourth-order valence-electron chi connectivity index (χ4n) is 7.64. The van der Waals surface area contributed by atoms with Gasteiger partial charge in [-0.1, -0.05) is 121 Å². The molecule has 0 unspecified atom stereocenters. The van der Waals surface area contributed by atoms with Gasteiger partial charge in [-0.05, 0) is 75.8 Å². The van der Waals surface area contributed by atoms with Gasteiger partial charge in [-0.25, -0.2) is 0 Å². The Labute approximate surface area is 266 Å². The van der Waals surface area contributed by atoms with E-state index in [1.165, 1.54) is 87.7 Å². The molecule has 0 spiro atoms. The van der Waals surface area contributed by atoms with Crippen LogP contribution in [0.25, 0.3) is 87.7 Å². The second kappa shape index (κ2) is 9.69. The molecular formula is C44H28N2. The lowest BCUT2D eigenvalue weighted by molar-refractivity contribution is 1.18. The molecule has 0 aliphatic carbocycles. The maximum Gasteiger partial charge on any atom is 0.0549 e. The summed E-state index contributed by atoms with van der Waals surface area (Å²) in [5.41, 5.74) is 9.66. The molecule has 0 saturated heterocycles. The fourth-order valence-corrected chi connectivity index (χ4v) is 7.64. The smallest absolute Gasteiger partial charge is 0.0549 e. The van der Waals surface area contributed by atoms with Crippen molar-refractivity contribution in [2.24, 2.45) is 0 Å². The first-order valence-corrected chi connectivity index (χ1v) is 15.9. The zero-order chi connectivity index (χ0) is 30.2. The molecule has 0 bridgehead atoms. The molecule has 46 heavy (non-hydrogen) atoms. The van der Waals surface area contributed by atoms with Crippen molar-refractivity contribution in [1.29, 1.82) is 0 Å². The molecule has 0 aliphatic heterocycles. The van der Waals surface area contributed by atoms with Crippen molar-refractivity contribution in [3.63, 3.8) is 0 Å². The second-order valence-corrected chi connectivity index (χ2v) is 12.2. The third kappa shape index (κ3) is 3.59. The number of fused-ring (bicyclic) bond motifs is 9. The lowest BCUT2D eigenvalue weighted by atomic mass is 9.99. The third-order valence-corrected chi connectivity index (χ3v) is 9.65. The van der Waals surface area contributed by atoms with Gasteiger partial charge in [0.1, 0.15) is 0 Å². The van der Waals surface area contributed by atoms with E-state index in [0.717, 1.165) is 0 Å². The van der Waals surface area contributed by atoms with E-state index < -0.39 is 0 Å². The van der Waals surface area contributed by atoms with Crippen LogP contribution in [-0.4, -0.2) is 9.13 Å². The van der Waals surface area contributed by atoms with Crippen LogP contribution in [0, 0.1) is 0 Å². The van der Waals surface area contributed by atoms with Crippen LogP contribution < -0.4 is 0 Å². The standard InChI is InChI=1S/C44H28N2/c1-3-13-29(14-4-1)32-25-31-16-8-9-19-34(31)41(26-32)46-39-22-12-11-21-36(39)37-27-43-38(28-42(37)46)44-35-20-10-7-15-30(35)23-24-40(44)45(43)33-17-5-2-6-18-33/h1-28H. The average molecular weight is 585 g/mol. The number of benzene rings is 8. The largest absolute Gasteiger partial charge is 0.309 e. The van der Waals surface area contributed by atoms with Gasteiger partial charge in [0.2, 0.25) is 0 Å². The normalized spacial score (nSPS) is 11.9. The predicted molar refractivity (Wildman–Crippen MR) is 196 cm³/mol. The minimum absolute atomic E-state index is 1.17. The molecular weight excluding hydrogens is 556 g/mol. The minimum Gasteiger partial charge on any atom is -0.309 e. The van der Waals surface area contributed by atoms with E-state index in [1.54, 1.807) is 0 Å². The van der Waals surface area contributed by atoms with Crippen LogP contribution >= 0.6 is 0 Å². The van der Waals surface area contributed by atoms with Crippen molar-refractivity contribution < 1.29 is 0 Å². The maximum atomic E-state index is 2.50. The zero-order valence-corrected chi connectivity index (χ0v) is 25.1. The van der Waals surface area contributed by atoms with Crippen LogP contribution in [0.15, 0.2) is 170 Å². The summed E-state index contributed by atoms with van der Waals surface area (Å²) in [5, 5.41) is 10.1. The van der Waals surface area contributed by atoms with Crippen molar-refractivity contribution in [3.8, 4) is 22.5 Å². The molecule has 2 aromatic heterocycles. The van der Waals surface area contributed by atoms with Crippen LogP contribution in [0.2, 0.25) is 0 Å². The molecule has 0 aliphatic rings. The van der Waals surface area contributed by atoms with Crippen LogP contribution in [0.1, 0.15) is 0 Å². The summed E-state index contributed by atoms with van der Waals surface area (Å²) >= 11 is 0. The van der Waals surface area contributed by atoms with Crippen molar-refractivity contribution >= 4 is 65.2 Å². The minimum atomic E-state index is 1.17. The van der Waals surface area contributed by atoms with Crippen molar-refractivity contribution in [2.75, 3.05) is 0 Å². The van der Waals surface area contributed by atoms with Crippen molar-refractivity contribution in [3.05, 3.63) is 170 Å². The van der Waals surface area contributed by atoms with Gasteiger partial charge in [0.25, 0.3) is 0 Å². The van der Waals surface area contributed by atoms with E-state index in [0.29, 0.717) is 0 Å².